The molecule has 1 aliphatic heterocycles. The van der Waals surface area contributed by atoms with Gasteiger partial charge in [-0.25, -0.2) is 0 Å². The van der Waals surface area contributed by atoms with Crippen molar-refractivity contribution >= 4 is 5.82 Å². The lowest BCUT2D eigenvalue weighted by Gasteiger charge is -2.27. The first-order valence-corrected chi connectivity index (χ1v) is 10.6. The molecule has 0 radical (unpaired) electrons. The topological polar surface area (TPSA) is 69.5 Å². The van der Waals surface area contributed by atoms with Crippen LogP contribution < -0.4 is 4.90 Å². The van der Waals surface area contributed by atoms with E-state index in [9.17, 15) is 23.4 Å². The van der Waals surface area contributed by atoms with Crippen molar-refractivity contribution < 1.29 is 23.4 Å². The number of alkyl halides is 3. The van der Waals surface area contributed by atoms with Crippen LogP contribution in [0.25, 0.3) is 11.3 Å². The molecule has 1 fully saturated rings. The highest BCUT2D eigenvalue weighted by molar-refractivity contribution is 5.75. The van der Waals surface area contributed by atoms with Crippen LogP contribution in [0.4, 0.5) is 19.0 Å². The minimum Gasteiger partial charge on any atom is -0.508 e. The lowest BCUT2D eigenvalue weighted by molar-refractivity contribution is -0.137. The SMILES string of the molecule is CC(c1cccc(O)c1)N1CCc2c1nnc(-c1ccc(C(F)(F)F)cc1O)c2C1CC1. The van der Waals surface area contributed by atoms with Crippen molar-refractivity contribution in [3.05, 3.63) is 64.7 Å². The van der Waals surface area contributed by atoms with Gasteiger partial charge in [-0.2, -0.15) is 13.2 Å². The molecule has 32 heavy (non-hydrogen) atoms. The molecule has 2 heterocycles. The van der Waals surface area contributed by atoms with E-state index in [2.05, 4.69) is 15.1 Å². The standard InChI is InChI=1S/C24H22F3N3O2/c1-13(15-3-2-4-17(31)11-15)30-10-9-19-21(14-5-6-14)22(28-29-23(19)30)18-8-7-16(12-20(18)32)24(25,26)27/h2-4,7-8,11-14,31-32H,5-6,9-10H2,1H3. The first-order valence-electron chi connectivity index (χ1n) is 10.6. The van der Waals surface area contributed by atoms with Crippen LogP contribution in [0.5, 0.6) is 11.5 Å². The summed E-state index contributed by atoms with van der Waals surface area (Å²) < 4.78 is 39.1. The fourth-order valence-corrected chi connectivity index (χ4v) is 4.55. The lowest BCUT2D eigenvalue weighted by Crippen LogP contribution is -2.25. The fourth-order valence-electron chi connectivity index (χ4n) is 4.55. The van der Waals surface area contributed by atoms with Gasteiger partial charge >= 0.3 is 6.18 Å². The Morgan fingerprint density at radius 1 is 1.06 bits per heavy atom. The minimum absolute atomic E-state index is 0.0324. The number of phenolic OH excluding ortho intramolecular Hbond substituents is 2. The number of halogens is 3. The second-order valence-electron chi connectivity index (χ2n) is 8.48. The van der Waals surface area contributed by atoms with Gasteiger partial charge in [0.15, 0.2) is 5.82 Å². The van der Waals surface area contributed by atoms with Gasteiger partial charge < -0.3 is 15.1 Å². The van der Waals surface area contributed by atoms with Crippen molar-refractivity contribution in [1.82, 2.24) is 10.2 Å². The molecular formula is C24H22F3N3O2. The van der Waals surface area contributed by atoms with Gasteiger partial charge in [0.1, 0.15) is 17.2 Å². The number of fused-ring (bicyclic) bond motifs is 1. The van der Waals surface area contributed by atoms with E-state index < -0.39 is 17.5 Å². The van der Waals surface area contributed by atoms with Crippen molar-refractivity contribution in [2.45, 2.75) is 44.3 Å². The number of nitrogens with zero attached hydrogens (tertiary/aromatic N) is 3. The van der Waals surface area contributed by atoms with E-state index in [1.807, 2.05) is 13.0 Å². The molecule has 0 amide bonds. The molecule has 2 aliphatic rings. The molecule has 0 spiro atoms. The summed E-state index contributed by atoms with van der Waals surface area (Å²) in [5.74, 6) is 0.787. The summed E-state index contributed by atoms with van der Waals surface area (Å²) in [6, 6.07) is 10.1. The van der Waals surface area contributed by atoms with Gasteiger partial charge in [-0.05, 0) is 73.6 Å². The van der Waals surface area contributed by atoms with Crippen LogP contribution in [0, 0.1) is 0 Å². The number of benzene rings is 2. The molecule has 1 atom stereocenters. The van der Waals surface area contributed by atoms with E-state index in [-0.39, 0.29) is 23.3 Å². The molecule has 1 unspecified atom stereocenters. The van der Waals surface area contributed by atoms with E-state index in [4.69, 9.17) is 0 Å². The predicted molar refractivity (Wildman–Crippen MR) is 114 cm³/mol. The first-order chi connectivity index (χ1) is 15.2. The zero-order valence-corrected chi connectivity index (χ0v) is 17.4. The summed E-state index contributed by atoms with van der Waals surface area (Å²) in [5, 5.41) is 29.1. The van der Waals surface area contributed by atoms with E-state index in [0.29, 0.717) is 5.69 Å². The highest BCUT2D eigenvalue weighted by atomic mass is 19.4. The number of hydrogen-bond acceptors (Lipinski definition) is 5. The Bertz CT molecular complexity index is 1190. The third kappa shape index (κ3) is 3.53. The second kappa shape index (κ2) is 7.39. The molecule has 8 heteroatoms. The molecule has 3 aromatic rings. The molecule has 2 aromatic carbocycles. The average molecular weight is 441 g/mol. The number of anilines is 1. The zero-order chi connectivity index (χ0) is 22.6. The summed E-state index contributed by atoms with van der Waals surface area (Å²) in [6.45, 7) is 2.76. The molecule has 0 bridgehead atoms. The van der Waals surface area contributed by atoms with E-state index in [1.54, 1.807) is 18.2 Å². The number of hydrogen-bond donors (Lipinski definition) is 2. The Hall–Kier alpha value is -3.29. The Kier molecular flexibility index (Phi) is 4.76. The van der Waals surface area contributed by atoms with E-state index in [0.717, 1.165) is 60.4 Å². The summed E-state index contributed by atoms with van der Waals surface area (Å²) in [4.78, 5) is 2.14. The lowest BCUT2D eigenvalue weighted by atomic mass is 9.96. The van der Waals surface area contributed by atoms with Gasteiger partial charge in [-0.3, -0.25) is 0 Å². The number of phenols is 2. The van der Waals surface area contributed by atoms with Crippen LogP contribution in [0.1, 0.15) is 54.0 Å². The maximum absolute atomic E-state index is 13.0. The summed E-state index contributed by atoms with van der Waals surface area (Å²) in [7, 11) is 0. The smallest absolute Gasteiger partial charge is 0.416 e. The molecule has 0 saturated heterocycles. The predicted octanol–water partition coefficient (Wildman–Crippen LogP) is 5.57. The van der Waals surface area contributed by atoms with Gasteiger partial charge in [0.05, 0.1) is 11.6 Å². The van der Waals surface area contributed by atoms with E-state index in [1.165, 1.54) is 6.07 Å². The number of aromatic hydroxyl groups is 2. The molecule has 1 aromatic heterocycles. The van der Waals surface area contributed by atoms with Gasteiger partial charge in [-0.1, -0.05) is 12.1 Å². The molecule has 166 valence electrons. The van der Waals surface area contributed by atoms with Gasteiger partial charge in [0, 0.05) is 17.7 Å². The highest BCUT2D eigenvalue weighted by Crippen LogP contribution is 2.50. The normalized spacial score (nSPS) is 16.8. The zero-order valence-electron chi connectivity index (χ0n) is 17.4. The molecule has 1 saturated carbocycles. The molecule has 1 aliphatic carbocycles. The Morgan fingerprint density at radius 3 is 2.50 bits per heavy atom. The second-order valence-corrected chi connectivity index (χ2v) is 8.48. The van der Waals surface area contributed by atoms with Crippen molar-refractivity contribution in [2.75, 3.05) is 11.4 Å². The van der Waals surface area contributed by atoms with Crippen LogP contribution in [-0.4, -0.2) is 27.0 Å². The van der Waals surface area contributed by atoms with Crippen LogP contribution in [0.3, 0.4) is 0 Å². The molecule has 5 nitrogen and oxygen atoms in total. The quantitative estimate of drug-likeness (QED) is 0.554. The third-order valence-corrected chi connectivity index (χ3v) is 6.36. The van der Waals surface area contributed by atoms with Crippen LogP contribution >= 0.6 is 0 Å². The summed E-state index contributed by atoms with van der Waals surface area (Å²) in [6.07, 6.45) is -1.82. The molecular weight excluding hydrogens is 419 g/mol. The maximum Gasteiger partial charge on any atom is 0.416 e. The summed E-state index contributed by atoms with van der Waals surface area (Å²) in [5.41, 5.74) is 2.82. The summed E-state index contributed by atoms with van der Waals surface area (Å²) >= 11 is 0. The van der Waals surface area contributed by atoms with E-state index >= 15 is 0 Å². The van der Waals surface area contributed by atoms with Crippen molar-refractivity contribution in [3.63, 3.8) is 0 Å². The molecule has 5 rings (SSSR count). The van der Waals surface area contributed by atoms with Crippen LogP contribution in [0.15, 0.2) is 42.5 Å². The Labute approximate surface area is 183 Å². The van der Waals surface area contributed by atoms with Gasteiger partial charge in [0.2, 0.25) is 0 Å². The van der Waals surface area contributed by atoms with Crippen LogP contribution in [-0.2, 0) is 12.6 Å². The average Bonchev–Trinajstić information content (AvgIpc) is 3.50. The van der Waals surface area contributed by atoms with Crippen molar-refractivity contribution in [3.8, 4) is 22.8 Å². The van der Waals surface area contributed by atoms with Crippen LogP contribution in [0.2, 0.25) is 0 Å². The van der Waals surface area contributed by atoms with Gasteiger partial charge in [0.25, 0.3) is 0 Å². The fraction of sp³-hybridized carbons (Fsp3) is 0.333. The maximum atomic E-state index is 13.0. The first kappa shape index (κ1) is 20.6. The minimum atomic E-state index is -4.53. The molecule has 2 N–H and O–H groups in total. The van der Waals surface area contributed by atoms with Crippen molar-refractivity contribution in [2.24, 2.45) is 0 Å². The Balaban J connectivity index is 1.56. The third-order valence-electron chi connectivity index (χ3n) is 6.36. The number of aromatic nitrogens is 2. The number of rotatable bonds is 4. The Morgan fingerprint density at radius 2 is 1.84 bits per heavy atom. The largest absolute Gasteiger partial charge is 0.508 e. The monoisotopic (exact) mass is 441 g/mol. The highest BCUT2D eigenvalue weighted by Gasteiger charge is 2.37. The van der Waals surface area contributed by atoms with Crippen molar-refractivity contribution in [1.29, 1.82) is 0 Å². The van der Waals surface area contributed by atoms with Gasteiger partial charge in [-0.15, -0.1) is 10.2 Å².